The highest BCUT2D eigenvalue weighted by molar-refractivity contribution is 6.00. The average molecular weight is 345 g/mol. The highest BCUT2D eigenvalue weighted by Gasteiger charge is 2.35. The molecule has 1 heterocycles. The number of phenols is 1. The monoisotopic (exact) mass is 345 g/mol. The van der Waals surface area contributed by atoms with Crippen LogP contribution < -0.4 is 5.32 Å². The average Bonchev–Trinajstić information content (AvgIpc) is 2.55. The van der Waals surface area contributed by atoms with Crippen molar-refractivity contribution in [1.82, 2.24) is 5.32 Å². The van der Waals surface area contributed by atoms with Crippen molar-refractivity contribution in [2.45, 2.75) is 33.7 Å². The number of para-hydroxylation sites is 1. The molecule has 6 heteroatoms. The van der Waals surface area contributed by atoms with Gasteiger partial charge in [-0.2, -0.15) is 0 Å². The Labute approximate surface area is 147 Å². The second kappa shape index (κ2) is 7.88. The number of benzene rings is 1. The van der Waals surface area contributed by atoms with E-state index in [1.165, 1.54) is 0 Å². The molecule has 6 nitrogen and oxygen atoms in total. The van der Waals surface area contributed by atoms with Crippen LogP contribution in [0.1, 0.15) is 39.3 Å². The first-order valence-electron chi connectivity index (χ1n) is 8.23. The third-order valence-corrected chi connectivity index (χ3v) is 4.03. The van der Waals surface area contributed by atoms with Crippen molar-refractivity contribution in [2.75, 3.05) is 13.2 Å². The first-order valence-corrected chi connectivity index (χ1v) is 8.23. The summed E-state index contributed by atoms with van der Waals surface area (Å²) in [5.41, 5.74) is 2.21. The van der Waals surface area contributed by atoms with Crippen molar-refractivity contribution < 1.29 is 24.2 Å². The lowest BCUT2D eigenvalue weighted by Gasteiger charge is -2.30. The van der Waals surface area contributed by atoms with Crippen LogP contribution in [0.15, 0.2) is 46.7 Å². The molecule has 1 aliphatic rings. The van der Waals surface area contributed by atoms with Crippen molar-refractivity contribution in [3.8, 4) is 5.75 Å². The maximum atomic E-state index is 12.6. The summed E-state index contributed by atoms with van der Waals surface area (Å²) < 4.78 is 10.3. The Hall–Kier alpha value is -2.76. The fourth-order valence-electron chi connectivity index (χ4n) is 2.95. The van der Waals surface area contributed by atoms with Gasteiger partial charge in [0.25, 0.3) is 0 Å². The Morgan fingerprint density at radius 2 is 1.68 bits per heavy atom. The molecule has 1 unspecified atom stereocenters. The second-order valence-corrected chi connectivity index (χ2v) is 5.62. The van der Waals surface area contributed by atoms with Crippen LogP contribution in [0.5, 0.6) is 5.75 Å². The van der Waals surface area contributed by atoms with E-state index in [1.807, 2.05) is 0 Å². The quantitative estimate of drug-likeness (QED) is 0.798. The summed E-state index contributed by atoms with van der Waals surface area (Å²) in [4.78, 5) is 24.9. The molecule has 0 aromatic heterocycles. The molecule has 0 fully saturated rings. The fraction of sp³-hybridized carbons (Fsp3) is 0.368. The number of carbonyl (C=O) groups is 2. The number of dihydropyridines is 1. The van der Waals surface area contributed by atoms with Gasteiger partial charge < -0.3 is 19.9 Å². The van der Waals surface area contributed by atoms with E-state index >= 15 is 0 Å². The van der Waals surface area contributed by atoms with Crippen molar-refractivity contribution in [3.05, 3.63) is 52.2 Å². The van der Waals surface area contributed by atoms with Crippen LogP contribution in [0.4, 0.5) is 0 Å². The summed E-state index contributed by atoms with van der Waals surface area (Å²) in [6, 6.07) is 6.14. The van der Waals surface area contributed by atoms with E-state index < -0.39 is 18.0 Å². The zero-order valence-corrected chi connectivity index (χ0v) is 14.9. The Morgan fingerprint density at radius 1 is 1.08 bits per heavy atom. The lowest BCUT2D eigenvalue weighted by molar-refractivity contribution is -0.139. The molecule has 25 heavy (non-hydrogen) atoms. The minimum Gasteiger partial charge on any atom is -0.508 e. The van der Waals surface area contributed by atoms with E-state index in [1.54, 1.807) is 52.0 Å². The molecule has 0 radical (unpaired) electrons. The van der Waals surface area contributed by atoms with Gasteiger partial charge in [-0.1, -0.05) is 18.2 Å². The van der Waals surface area contributed by atoms with E-state index in [2.05, 4.69) is 5.32 Å². The summed E-state index contributed by atoms with van der Waals surface area (Å²) in [6.45, 7) is 7.31. The maximum absolute atomic E-state index is 12.6. The predicted octanol–water partition coefficient (Wildman–Crippen LogP) is 2.75. The van der Waals surface area contributed by atoms with Gasteiger partial charge in [-0.25, -0.2) is 9.59 Å². The van der Waals surface area contributed by atoms with Crippen molar-refractivity contribution >= 4 is 11.9 Å². The molecule has 0 bridgehead atoms. The Bertz CT molecular complexity index is 748. The molecule has 1 aliphatic heterocycles. The lowest BCUT2D eigenvalue weighted by Crippen LogP contribution is -2.34. The number of hydrogen-bond acceptors (Lipinski definition) is 6. The number of esters is 2. The fourth-order valence-corrected chi connectivity index (χ4v) is 2.95. The first kappa shape index (κ1) is 18.6. The van der Waals surface area contributed by atoms with Crippen LogP contribution in [0, 0.1) is 0 Å². The highest BCUT2D eigenvalue weighted by atomic mass is 16.5. The van der Waals surface area contributed by atoms with Crippen molar-refractivity contribution in [3.63, 3.8) is 0 Å². The van der Waals surface area contributed by atoms with Gasteiger partial charge in [-0.3, -0.25) is 0 Å². The van der Waals surface area contributed by atoms with Gasteiger partial charge in [-0.15, -0.1) is 0 Å². The van der Waals surface area contributed by atoms with E-state index in [0.29, 0.717) is 22.4 Å². The molecule has 0 aliphatic carbocycles. The molecule has 1 aromatic carbocycles. The zero-order valence-electron chi connectivity index (χ0n) is 14.9. The number of rotatable bonds is 5. The first-order chi connectivity index (χ1) is 11.9. The number of hydrogen-bond donors (Lipinski definition) is 2. The van der Waals surface area contributed by atoms with Gasteiger partial charge in [-0.05, 0) is 39.3 Å². The van der Waals surface area contributed by atoms with E-state index in [4.69, 9.17) is 9.47 Å². The Kier molecular flexibility index (Phi) is 5.85. The molecule has 0 amide bonds. The molecule has 0 spiro atoms. The number of allylic oxidation sites excluding steroid dienone is 1. The van der Waals surface area contributed by atoms with Gasteiger partial charge in [0.1, 0.15) is 5.75 Å². The summed E-state index contributed by atoms with van der Waals surface area (Å²) in [6.07, 6.45) is 0. The standard InChI is InChI=1S/C19H23NO5/c1-5-24-18(22)15-11(3)16(19(23)25-6-2)17(20-12(15)4)13-9-7-8-10-14(13)21/h7-10,17,20-21H,5-6H2,1-4H3. The number of ether oxygens (including phenoxy) is 2. The van der Waals surface area contributed by atoms with E-state index in [-0.39, 0.29) is 24.5 Å². The minimum atomic E-state index is -0.613. The highest BCUT2D eigenvalue weighted by Crippen LogP contribution is 2.38. The van der Waals surface area contributed by atoms with Crippen LogP contribution in [0.2, 0.25) is 0 Å². The zero-order chi connectivity index (χ0) is 18.6. The topological polar surface area (TPSA) is 84.9 Å². The largest absolute Gasteiger partial charge is 0.508 e. The molecule has 0 saturated heterocycles. The summed E-state index contributed by atoms with van der Waals surface area (Å²) in [7, 11) is 0. The van der Waals surface area contributed by atoms with E-state index in [9.17, 15) is 14.7 Å². The molecule has 0 saturated carbocycles. The van der Waals surface area contributed by atoms with Gasteiger partial charge in [0.15, 0.2) is 0 Å². The van der Waals surface area contributed by atoms with Gasteiger partial charge in [0.05, 0.1) is 30.4 Å². The normalized spacial score (nSPS) is 17.2. The summed E-state index contributed by atoms with van der Waals surface area (Å²) in [5, 5.41) is 13.3. The number of phenolic OH excluding ortho intramolecular Hbond substituents is 1. The SMILES string of the molecule is CCOC(=O)C1=C(C)NC(c2ccccc2O)C(C(=O)OCC)=C1C. The lowest BCUT2D eigenvalue weighted by atomic mass is 9.87. The van der Waals surface area contributed by atoms with Crippen LogP contribution in [-0.2, 0) is 19.1 Å². The van der Waals surface area contributed by atoms with Crippen molar-refractivity contribution in [1.29, 1.82) is 0 Å². The molecular weight excluding hydrogens is 322 g/mol. The van der Waals surface area contributed by atoms with Gasteiger partial charge in [0, 0.05) is 11.3 Å². The predicted molar refractivity (Wildman–Crippen MR) is 92.6 cm³/mol. The van der Waals surface area contributed by atoms with Gasteiger partial charge in [0.2, 0.25) is 0 Å². The molecule has 134 valence electrons. The molecule has 1 aromatic rings. The Balaban J connectivity index is 2.59. The minimum absolute atomic E-state index is 0.0574. The van der Waals surface area contributed by atoms with Crippen LogP contribution in [0.25, 0.3) is 0 Å². The molecule has 2 N–H and O–H groups in total. The number of aromatic hydroxyl groups is 1. The Morgan fingerprint density at radius 3 is 2.28 bits per heavy atom. The molecular formula is C19H23NO5. The summed E-state index contributed by atoms with van der Waals surface area (Å²) >= 11 is 0. The van der Waals surface area contributed by atoms with E-state index in [0.717, 1.165) is 0 Å². The van der Waals surface area contributed by atoms with Crippen LogP contribution >= 0.6 is 0 Å². The number of nitrogens with one attached hydrogen (secondary N) is 1. The smallest absolute Gasteiger partial charge is 0.340 e. The number of carbonyl (C=O) groups excluding carboxylic acids is 2. The summed E-state index contributed by atoms with van der Waals surface area (Å²) in [5.74, 6) is -0.973. The third-order valence-electron chi connectivity index (χ3n) is 4.03. The third kappa shape index (κ3) is 3.68. The van der Waals surface area contributed by atoms with Crippen LogP contribution in [0.3, 0.4) is 0 Å². The molecule has 1 atom stereocenters. The van der Waals surface area contributed by atoms with Crippen LogP contribution in [-0.4, -0.2) is 30.3 Å². The molecule has 2 rings (SSSR count). The second-order valence-electron chi connectivity index (χ2n) is 5.62. The van der Waals surface area contributed by atoms with Crippen molar-refractivity contribution in [2.24, 2.45) is 0 Å². The maximum Gasteiger partial charge on any atom is 0.340 e. The van der Waals surface area contributed by atoms with Gasteiger partial charge >= 0.3 is 11.9 Å².